The largest absolute Gasteiger partial charge is 0.341 e. The van der Waals surface area contributed by atoms with Gasteiger partial charge in [-0.2, -0.15) is 29.9 Å². The molecule has 2 aromatic carbocycles. The maximum Gasteiger partial charge on any atom is 0.259 e. The molecular weight excluding hydrogens is 835 g/mol. The summed E-state index contributed by atoms with van der Waals surface area (Å²) >= 11 is 12.9. The molecule has 1 atom stereocenters. The van der Waals surface area contributed by atoms with Crippen molar-refractivity contribution in [1.29, 1.82) is 0 Å². The van der Waals surface area contributed by atoms with E-state index in [0.717, 1.165) is 25.9 Å². The normalized spacial score (nSPS) is 14.7. The summed E-state index contributed by atoms with van der Waals surface area (Å²) in [6.45, 7) is 3.90. The first-order valence-corrected chi connectivity index (χ1v) is 20.4. The maximum atomic E-state index is 13.6. The molecule has 0 spiro atoms. The molecule has 0 aliphatic carbocycles. The number of carbonyl (C=O) groups is 4. The summed E-state index contributed by atoms with van der Waals surface area (Å²) in [6.07, 6.45) is 6.07. The number of hydrogen-bond donors (Lipinski definition) is 4. The van der Waals surface area contributed by atoms with Gasteiger partial charge < -0.3 is 20.4 Å². The molecule has 2 fully saturated rings. The molecule has 6 heterocycles. The maximum absolute atomic E-state index is 13.6. The van der Waals surface area contributed by atoms with Crippen molar-refractivity contribution < 1.29 is 19.2 Å². The second-order valence-corrected chi connectivity index (χ2v) is 15.3. The Morgan fingerprint density at radius 2 is 1.23 bits per heavy atom. The number of carbonyl (C=O) groups excluding carboxylic acids is 4. The molecule has 62 heavy (non-hydrogen) atoms. The van der Waals surface area contributed by atoms with Gasteiger partial charge in [-0.25, -0.2) is 0 Å². The third-order valence-corrected chi connectivity index (χ3v) is 10.6. The number of halogens is 2. The predicted molar refractivity (Wildman–Crippen MR) is 234 cm³/mol. The number of anilines is 6. The highest BCUT2D eigenvalue weighted by Crippen LogP contribution is 2.29. The number of aromatic nitrogens is 8. The summed E-state index contributed by atoms with van der Waals surface area (Å²) in [4.78, 5) is 91.9. The van der Waals surface area contributed by atoms with Crippen LogP contribution >= 0.6 is 23.2 Å². The van der Waals surface area contributed by atoms with Crippen molar-refractivity contribution in [1.82, 2.24) is 39.9 Å². The standard InChI is InChI=1S/C42H38Cl2N14O4/c1-24(59)47-27-10-12-28(31(44)22-27)37(61)53-39-50-36(33-9-3-5-16-46-33)52-42(56-39)58-19-14-25(23-58)20-34(60)48-26-11-13-30(43)29(21-26)38(62)54-40-49-35(32-8-2-4-15-45-32)51-41(55-40)57-17-6-7-18-57/h2-5,8-13,15-16,21-22,25H,6-7,14,17-20,23H2,1H3,(H,47,59)(H,48,60)(H,49,51,54,55,62)(H,50,52,53,56,61). The van der Waals surface area contributed by atoms with Crippen LogP contribution in [0.2, 0.25) is 10.0 Å². The third-order valence-electron chi connectivity index (χ3n) is 9.95. The van der Waals surface area contributed by atoms with Gasteiger partial charge in [0.15, 0.2) is 11.6 Å². The number of rotatable bonds is 12. The first-order chi connectivity index (χ1) is 30.0. The summed E-state index contributed by atoms with van der Waals surface area (Å²) in [5, 5.41) is 11.3. The van der Waals surface area contributed by atoms with E-state index in [4.69, 9.17) is 23.2 Å². The molecular formula is C42H38Cl2N14O4. The Balaban J connectivity index is 0.935. The zero-order valence-electron chi connectivity index (χ0n) is 33.2. The minimum atomic E-state index is -0.570. The lowest BCUT2D eigenvalue weighted by Crippen LogP contribution is -2.25. The third kappa shape index (κ3) is 10.0. The fourth-order valence-corrected chi connectivity index (χ4v) is 7.48. The SMILES string of the molecule is CC(=O)Nc1ccc(C(=O)Nc2nc(-c3ccccn3)nc(N3CCC(CC(=O)Nc4ccc(Cl)c(C(=O)Nc5nc(-c6ccccn6)nc(N6CCCC6)n5)c4)C3)n2)c(Cl)c1. The van der Waals surface area contributed by atoms with Crippen molar-refractivity contribution in [3.63, 3.8) is 0 Å². The average Bonchev–Trinajstić information content (AvgIpc) is 3.98. The summed E-state index contributed by atoms with van der Waals surface area (Å²) in [5.41, 5.74) is 2.08. The number of pyridine rings is 2. The minimum Gasteiger partial charge on any atom is -0.341 e. The smallest absolute Gasteiger partial charge is 0.259 e. The van der Waals surface area contributed by atoms with Crippen LogP contribution in [0.3, 0.4) is 0 Å². The van der Waals surface area contributed by atoms with Crippen LogP contribution in [0.25, 0.3) is 23.0 Å². The van der Waals surface area contributed by atoms with Gasteiger partial charge in [-0.1, -0.05) is 35.3 Å². The first kappa shape index (κ1) is 41.5. The lowest BCUT2D eigenvalue weighted by atomic mass is 10.0. The summed E-state index contributed by atoms with van der Waals surface area (Å²) in [6, 6.07) is 19.9. The van der Waals surface area contributed by atoms with Crippen LogP contribution in [0.5, 0.6) is 0 Å². The zero-order chi connectivity index (χ0) is 43.2. The van der Waals surface area contributed by atoms with Crippen molar-refractivity contribution in [2.24, 2.45) is 5.92 Å². The Labute approximate surface area is 365 Å². The van der Waals surface area contributed by atoms with Gasteiger partial charge in [0.25, 0.3) is 11.8 Å². The lowest BCUT2D eigenvalue weighted by Gasteiger charge is -2.18. The van der Waals surface area contributed by atoms with Gasteiger partial charge >= 0.3 is 0 Å². The van der Waals surface area contributed by atoms with Crippen LogP contribution < -0.4 is 31.1 Å². The van der Waals surface area contributed by atoms with E-state index < -0.39 is 11.8 Å². The second-order valence-electron chi connectivity index (χ2n) is 14.5. The van der Waals surface area contributed by atoms with E-state index in [0.29, 0.717) is 54.0 Å². The molecule has 4 aromatic heterocycles. The topological polar surface area (TPSA) is 226 Å². The number of nitrogens with one attached hydrogen (secondary N) is 4. The summed E-state index contributed by atoms with van der Waals surface area (Å²) < 4.78 is 0. The Bertz CT molecular complexity index is 2650. The van der Waals surface area contributed by atoms with Crippen molar-refractivity contribution in [2.45, 2.75) is 32.6 Å². The molecule has 0 bridgehead atoms. The first-order valence-electron chi connectivity index (χ1n) is 19.7. The van der Waals surface area contributed by atoms with Gasteiger partial charge in [0, 0.05) is 63.3 Å². The van der Waals surface area contributed by atoms with Gasteiger partial charge in [0.05, 0.1) is 21.2 Å². The van der Waals surface area contributed by atoms with Gasteiger partial charge in [0.2, 0.25) is 35.6 Å². The van der Waals surface area contributed by atoms with Gasteiger partial charge in [0.1, 0.15) is 11.4 Å². The molecule has 314 valence electrons. The summed E-state index contributed by atoms with van der Waals surface area (Å²) in [5.74, 6) is -0.459. The minimum absolute atomic E-state index is 0.0254. The van der Waals surface area contributed by atoms with E-state index in [-0.39, 0.29) is 69.0 Å². The molecule has 0 saturated carbocycles. The molecule has 18 nitrogen and oxygen atoms in total. The Morgan fingerprint density at radius 3 is 1.82 bits per heavy atom. The molecule has 0 radical (unpaired) electrons. The average molecular weight is 874 g/mol. The Hall–Kier alpha value is -7.18. The second kappa shape index (κ2) is 18.6. The van der Waals surface area contributed by atoms with Crippen LogP contribution in [0.15, 0.2) is 85.2 Å². The lowest BCUT2D eigenvalue weighted by molar-refractivity contribution is -0.117. The van der Waals surface area contributed by atoms with Crippen molar-refractivity contribution in [2.75, 3.05) is 57.2 Å². The van der Waals surface area contributed by atoms with Gasteiger partial charge in [-0.3, -0.25) is 39.8 Å². The number of hydrogen-bond acceptors (Lipinski definition) is 14. The van der Waals surface area contributed by atoms with Crippen molar-refractivity contribution in [3.05, 3.63) is 106 Å². The van der Waals surface area contributed by atoms with Crippen LogP contribution in [-0.2, 0) is 9.59 Å². The fourth-order valence-electron chi connectivity index (χ4n) is 7.01. The molecule has 2 aliphatic heterocycles. The molecule has 8 rings (SSSR count). The summed E-state index contributed by atoms with van der Waals surface area (Å²) in [7, 11) is 0. The van der Waals surface area contributed by atoms with E-state index in [9.17, 15) is 19.2 Å². The van der Waals surface area contributed by atoms with Crippen LogP contribution in [0.1, 0.15) is 53.3 Å². The molecule has 20 heteroatoms. The number of benzene rings is 2. The number of amides is 4. The molecule has 2 aliphatic rings. The molecule has 6 aromatic rings. The van der Waals surface area contributed by atoms with E-state index in [2.05, 4.69) is 61.1 Å². The van der Waals surface area contributed by atoms with Crippen LogP contribution in [0.4, 0.5) is 35.2 Å². The molecule has 2 saturated heterocycles. The van der Waals surface area contributed by atoms with Crippen LogP contribution in [0, 0.1) is 5.92 Å². The van der Waals surface area contributed by atoms with Gasteiger partial charge in [-0.15, -0.1) is 0 Å². The highest BCUT2D eigenvalue weighted by molar-refractivity contribution is 6.35. The predicted octanol–water partition coefficient (Wildman–Crippen LogP) is 6.41. The molecule has 4 N–H and O–H groups in total. The molecule has 1 unspecified atom stereocenters. The highest BCUT2D eigenvalue weighted by Gasteiger charge is 2.28. The van der Waals surface area contributed by atoms with E-state index in [1.807, 2.05) is 15.9 Å². The Kier molecular flexibility index (Phi) is 12.5. The van der Waals surface area contributed by atoms with E-state index >= 15 is 0 Å². The van der Waals surface area contributed by atoms with E-state index in [1.54, 1.807) is 54.9 Å². The fraction of sp³-hybridized carbons (Fsp3) is 0.238. The monoisotopic (exact) mass is 872 g/mol. The zero-order valence-corrected chi connectivity index (χ0v) is 34.7. The highest BCUT2D eigenvalue weighted by atomic mass is 35.5. The molecule has 4 amide bonds. The number of nitrogens with zero attached hydrogens (tertiary/aromatic N) is 10. The van der Waals surface area contributed by atoms with Crippen LogP contribution in [-0.4, -0.2) is 89.7 Å². The van der Waals surface area contributed by atoms with Crippen molar-refractivity contribution in [3.8, 4) is 23.0 Å². The van der Waals surface area contributed by atoms with Gasteiger partial charge in [-0.05, 0) is 85.8 Å². The van der Waals surface area contributed by atoms with E-state index in [1.165, 1.54) is 31.2 Å². The quantitative estimate of drug-likeness (QED) is 0.104. The Morgan fingerprint density at radius 1 is 0.629 bits per heavy atom. The van der Waals surface area contributed by atoms with Crippen molar-refractivity contribution >= 4 is 82.0 Å².